The molecule has 0 radical (unpaired) electrons. The zero-order chi connectivity index (χ0) is 17.6. The van der Waals surface area contributed by atoms with Crippen LogP contribution in [0.15, 0.2) is 11.0 Å². The van der Waals surface area contributed by atoms with Crippen molar-refractivity contribution in [1.29, 1.82) is 0 Å². The van der Waals surface area contributed by atoms with E-state index >= 15 is 0 Å². The van der Waals surface area contributed by atoms with Crippen molar-refractivity contribution in [1.82, 2.24) is 14.5 Å². The summed E-state index contributed by atoms with van der Waals surface area (Å²) in [5.74, 6) is 0.488. The number of nitrogen functional groups attached to an aromatic ring is 1. The Balaban J connectivity index is 2.24. The van der Waals surface area contributed by atoms with Gasteiger partial charge in [-0.15, -0.1) is 6.42 Å². The predicted octanol–water partition coefficient (Wildman–Crippen LogP) is -1.73. The van der Waals surface area contributed by atoms with Crippen LogP contribution in [0.3, 0.4) is 0 Å². The van der Waals surface area contributed by atoms with E-state index in [-0.39, 0.29) is 17.0 Å². The molecule has 1 saturated heterocycles. The number of ether oxygens (including phenoxy) is 1. The molecule has 1 aliphatic rings. The molecule has 1 aliphatic heterocycles. The number of aromatic amines is 1. The quantitative estimate of drug-likeness (QED) is 0.417. The number of terminal acetylenes is 1. The van der Waals surface area contributed by atoms with Crippen molar-refractivity contribution in [3.63, 3.8) is 0 Å². The fourth-order valence-electron chi connectivity index (χ4n) is 3.08. The summed E-state index contributed by atoms with van der Waals surface area (Å²) in [7, 11) is 0. The van der Waals surface area contributed by atoms with Crippen LogP contribution < -0.4 is 17.0 Å². The zero-order valence-electron chi connectivity index (χ0n) is 12.4. The number of rotatable bonds is 3. The number of halogens is 1. The second kappa shape index (κ2) is 5.57. The maximum absolute atomic E-state index is 14.2. The molecule has 0 aliphatic carbocycles. The van der Waals surface area contributed by atoms with Gasteiger partial charge in [-0.25, -0.2) is 4.39 Å². The first-order valence-electron chi connectivity index (χ1n) is 7.07. The first-order valence-corrected chi connectivity index (χ1v) is 7.07. The van der Waals surface area contributed by atoms with Crippen LogP contribution in [0.1, 0.15) is 6.23 Å². The van der Waals surface area contributed by atoms with Gasteiger partial charge >= 0.3 is 0 Å². The van der Waals surface area contributed by atoms with Crippen LogP contribution in [-0.4, -0.2) is 49.6 Å². The number of hydrogen-bond acceptors (Lipinski definition) is 7. The molecule has 0 saturated carbocycles. The Bertz CT molecular complexity index is 888. The molecule has 2 aromatic rings. The lowest BCUT2D eigenvalue weighted by Crippen LogP contribution is -2.51. The number of anilines is 1. The van der Waals surface area contributed by atoms with Crippen LogP contribution in [0.4, 0.5) is 10.3 Å². The summed E-state index contributed by atoms with van der Waals surface area (Å²) in [6.45, 7) is -0.888. The van der Waals surface area contributed by atoms with Crippen LogP contribution in [0, 0.1) is 24.1 Å². The third-order valence-corrected chi connectivity index (χ3v) is 4.31. The summed E-state index contributed by atoms with van der Waals surface area (Å²) < 4.78 is 21.0. The lowest BCUT2D eigenvalue weighted by Gasteiger charge is -2.29. The molecule has 4 atom stereocenters. The Morgan fingerprint density at radius 3 is 2.83 bits per heavy atom. The van der Waals surface area contributed by atoms with Gasteiger partial charge in [0.15, 0.2) is 17.7 Å². The lowest BCUT2D eigenvalue weighted by molar-refractivity contribution is -0.0373. The topological polar surface area (TPSA) is 152 Å². The molecule has 2 aromatic heterocycles. The highest BCUT2D eigenvalue weighted by Crippen LogP contribution is 2.41. The standard InChI is InChI=1S/C14H16FN5O4/c1-2-14(17)6(4-21)8(5-22)24-12(14)20-3-7(15)9-10(20)18-13(16)19-11(9)23/h1,3,6,8,12,21-22H,4-5,17H2,(H3,16,18,19,23)/t6?,8-,12-,14?/m1/s1. The van der Waals surface area contributed by atoms with E-state index in [0.29, 0.717) is 0 Å². The van der Waals surface area contributed by atoms with Crippen LogP contribution in [0.5, 0.6) is 0 Å². The average molecular weight is 337 g/mol. The number of aromatic nitrogens is 3. The summed E-state index contributed by atoms with van der Waals surface area (Å²) in [5, 5.41) is 18.7. The smallest absolute Gasteiger partial charge is 0.264 e. The normalized spacial score (nSPS) is 29.9. The van der Waals surface area contributed by atoms with E-state index in [1.807, 2.05) is 0 Å². The number of aliphatic hydroxyl groups excluding tert-OH is 2. The first-order chi connectivity index (χ1) is 11.4. The highest BCUT2D eigenvalue weighted by molar-refractivity contribution is 5.77. The van der Waals surface area contributed by atoms with E-state index in [4.69, 9.17) is 22.6 Å². The largest absolute Gasteiger partial charge is 0.396 e. The molecule has 0 bridgehead atoms. The Kier molecular flexibility index (Phi) is 3.81. The van der Waals surface area contributed by atoms with Gasteiger partial charge in [0.25, 0.3) is 5.56 Å². The predicted molar refractivity (Wildman–Crippen MR) is 82.0 cm³/mol. The third kappa shape index (κ3) is 2.10. The second-order valence-corrected chi connectivity index (χ2v) is 5.61. The summed E-state index contributed by atoms with van der Waals surface area (Å²) >= 11 is 0. The molecule has 2 unspecified atom stereocenters. The fourth-order valence-corrected chi connectivity index (χ4v) is 3.08. The van der Waals surface area contributed by atoms with E-state index < -0.39 is 48.4 Å². The van der Waals surface area contributed by atoms with Gasteiger partial charge in [0.2, 0.25) is 5.95 Å². The van der Waals surface area contributed by atoms with Gasteiger partial charge in [0.1, 0.15) is 10.9 Å². The molecule has 3 rings (SSSR count). The number of H-pyrrole nitrogens is 1. The highest BCUT2D eigenvalue weighted by atomic mass is 19.1. The number of hydrogen-bond donors (Lipinski definition) is 5. The zero-order valence-corrected chi connectivity index (χ0v) is 12.4. The number of aliphatic hydroxyl groups is 2. The van der Waals surface area contributed by atoms with Crippen LogP contribution in [0.25, 0.3) is 11.0 Å². The molecule has 128 valence electrons. The number of nitrogens with two attached hydrogens (primary N) is 2. The van der Waals surface area contributed by atoms with E-state index in [0.717, 1.165) is 10.8 Å². The number of fused-ring (bicyclic) bond motifs is 1. The first kappa shape index (κ1) is 16.4. The third-order valence-electron chi connectivity index (χ3n) is 4.31. The van der Waals surface area contributed by atoms with Crippen molar-refractivity contribution in [2.24, 2.45) is 11.7 Å². The molecule has 0 spiro atoms. The maximum Gasteiger partial charge on any atom is 0.264 e. The van der Waals surface area contributed by atoms with Crippen molar-refractivity contribution in [3.8, 4) is 12.3 Å². The van der Waals surface area contributed by atoms with Gasteiger partial charge in [0.05, 0.1) is 19.3 Å². The minimum absolute atomic E-state index is 0.0981. The van der Waals surface area contributed by atoms with Crippen molar-refractivity contribution in [2.75, 3.05) is 18.9 Å². The summed E-state index contributed by atoms with van der Waals surface area (Å²) in [5.41, 5.74) is 9.31. The van der Waals surface area contributed by atoms with Gasteiger partial charge in [-0.3, -0.25) is 14.3 Å². The van der Waals surface area contributed by atoms with E-state index in [1.54, 1.807) is 0 Å². The maximum atomic E-state index is 14.2. The van der Waals surface area contributed by atoms with Crippen LogP contribution in [0.2, 0.25) is 0 Å². The molecule has 1 fully saturated rings. The second-order valence-electron chi connectivity index (χ2n) is 5.61. The Morgan fingerprint density at radius 2 is 2.25 bits per heavy atom. The fraction of sp³-hybridized carbons (Fsp3) is 0.429. The molecular formula is C14H16FN5O4. The molecule has 24 heavy (non-hydrogen) atoms. The van der Waals surface area contributed by atoms with E-state index in [2.05, 4.69) is 15.9 Å². The minimum Gasteiger partial charge on any atom is -0.396 e. The lowest BCUT2D eigenvalue weighted by atomic mass is 9.83. The van der Waals surface area contributed by atoms with Crippen LogP contribution >= 0.6 is 0 Å². The number of nitrogens with zero attached hydrogens (tertiary/aromatic N) is 2. The molecule has 9 nitrogen and oxygen atoms in total. The van der Waals surface area contributed by atoms with Crippen molar-refractivity contribution in [2.45, 2.75) is 17.9 Å². The Labute approximate surface area is 135 Å². The van der Waals surface area contributed by atoms with Gasteiger partial charge < -0.3 is 26.4 Å². The molecule has 3 heterocycles. The molecular weight excluding hydrogens is 321 g/mol. The van der Waals surface area contributed by atoms with Crippen molar-refractivity contribution < 1.29 is 19.3 Å². The monoisotopic (exact) mass is 337 g/mol. The van der Waals surface area contributed by atoms with Gasteiger partial charge in [-0.1, -0.05) is 5.92 Å². The van der Waals surface area contributed by atoms with E-state index in [1.165, 1.54) is 0 Å². The highest BCUT2D eigenvalue weighted by Gasteiger charge is 2.54. The average Bonchev–Trinajstić information content (AvgIpc) is 3.01. The summed E-state index contributed by atoms with van der Waals surface area (Å²) in [6.07, 6.45) is 4.48. The van der Waals surface area contributed by atoms with Gasteiger partial charge in [0, 0.05) is 12.1 Å². The summed E-state index contributed by atoms with van der Waals surface area (Å²) in [4.78, 5) is 18.0. The van der Waals surface area contributed by atoms with Crippen molar-refractivity contribution >= 4 is 17.0 Å². The van der Waals surface area contributed by atoms with Gasteiger partial charge in [-0.2, -0.15) is 4.98 Å². The number of nitrogens with one attached hydrogen (secondary N) is 1. The van der Waals surface area contributed by atoms with Crippen molar-refractivity contribution in [3.05, 3.63) is 22.4 Å². The Morgan fingerprint density at radius 1 is 1.54 bits per heavy atom. The van der Waals surface area contributed by atoms with Crippen LogP contribution in [-0.2, 0) is 4.74 Å². The van der Waals surface area contributed by atoms with Gasteiger partial charge in [-0.05, 0) is 0 Å². The molecule has 0 aromatic carbocycles. The van der Waals surface area contributed by atoms with E-state index in [9.17, 15) is 19.4 Å². The minimum atomic E-state index is -1.56. The molecule has 10 heteroatoms. The summed E-state index contributed by atoms with van der Waals surface area (Å²) in [6, 6.07) is 0. The molecule has 7 N–H and O–H groups in total. The SMILES string of the molecule is C#CC1(N)C(CO)[C@@H](CO)O[C@H]1n1cc(F)c2c(=O)[nH]c(N)nc21. The Hall–Kier alpha value is -2.45. The molecule has 0 amide bonds.